The van der Waals surface area contributed by atoms with Gasteiger partial charge in [-0.3, -0.25) is 4.79 Å². The predicted octanol–water partition coefficient (Wildman–Crippen LogP) is 5.94. The number of hydrogen-bond donors (Lipinski definition) is 1. The average Bonchev–Trinajstić information content (AvgIpc) is 3.17. The molecule has 4 aromatic rings. The van der Waals surface area contributed by atoms with Crippen molar-refractivity contribution in [3.63, 3.8) is 0 Å². The summed E-state index contributed by atoms with van der Waals surface area (Å²) in [6.07, 6.45) is 0. The molecule has 5 nitrogen and oxygen atoms in total. The zero-order valence-corrected chi connectivity index (χ0v) is 17.2. The van der Waals surface area contributed by atoms with Gasteiger partial charge in [0.15, 0.2) is 5.82 Å². The van der Waals surface area contributed by atoms with Gasteiger partial charge in [-0.25, -0.2) is 14.1 Å². The van der Waals surface area contributed by atoms with E-state index in [0.717, 1.165) is 5.56 Å². The van der Waals surface area contributed by atoms with E-state index in [0.29, 0.717) is 32.8 Å². The molecular weight excluding hydrogens is 426 g/mol. The van der Waals surface area contributed by atoms with Crippen LogP contribution in [0.4, 0.5) is 10.1 Å². The lowest BCUT2D eigenvalue weighted by atomic mass is 10.1. The molecule has 30 heavy (non-hydrogen) atoms. The van der Waals surface area contributed by atoms with Crippen LogP contribution in [0.5, 0.6) is 0 Å². The zero-order chi connectivity index (χ0) is 21.3. The number of amides is 1. The second-order valence-electron chi connectivity index (χ2n) is 6.54. The lowest BCUT2D eigenvalue weighted by Gasteiger charge is -2.09. The summed E-state index contributed by atoms with van der Waals surface area (Å²) < 4.78 is 14.9. The lowest BCUT2D eigenvalue weighted by Crippen LogP contribution is -2.14. The largest absolute Gasteiger partial charge is 0.318 e. The van der Waals surface area contributed by atoms with E-state index in [4.69, 9.17) is 23.2 Å². The molecule has 4 rings (SSSR count). The van der Waals surface area contributed by atoms with E-state index in [2.05, 4.69) is 15.4 Å². The number of rotatable bonds is 4. The van der Waals surface area contributed by atoms with Crippen molar-refractivity contribution in [3.8, 4) is 17.1 Å². The van der Waals surface area contributed by atoms with E-state index in [1.54, 1.807) is 48.5 Å². The van der Waals surface area contributed by atoms with Crippen molar-refractivity contribution >= 4 is 34.8 Å². The van der Waals surface area contributed by atoms with Gasteiger partial charge in [0.05, 0.1) is 16.4 Å². The second-order valence-corrected chi connectivity index (χ2v) is 7.39. The molecule has 0 atom stereocenters. The van der Waals surface area contributed by atoms with Crippen LogP contribution in [-0.4, -0.2) is 20.7 Å². The van der Waals surface area contributed by atoms with Gasteiger partial charge in [-0.2, -0.15) is 0 Å². The number of anilines is 1. The fraction of sp³-hybridized carbons (Fsp3) is 0.0455. The molecule has 0 unspecified atom stereocenters. The van der Waals surface area contributed by atoms with Gasteiger partial charge in [-0.1, -0.05) is 41.4 Å². The molecule has 0 bridgehead atoms. The Balaban J connectivity index is 1.81. The van der Waals surface area contributed by atoms with Crippen LogP contribution < -0.4 is 5.32 Å². The van der Waals surface area contributed by atoms with Crippen molar-refractivity contribution in [1.82, 2.24) is 14.8 Å². The van der Waals surface area contributed by atoms with E-state index in [-0.39, 0.29) is 11.6 Å². The van der Waals surface area contributed by atoms with E-state index in [9.17, 15) is 9.18 Å². The van der Waals surface area contributed by atoms with E-state index >= 15 is 0 Å². The van der Waals surface area contributed by atoms with E-state index < -0.39 is 5.91 Å². The fourth-order valence-corrected chi connectivity index (χ4v) is 3.26. The Morgan fingerprint density at radius 1 is 1.03 bits per heavy atom. The molecule has 1 N–H and O–H groups in total. The van der Waals surface area contributed by atoms with Crippen molar-refractivity contribution in [2.24, 2.45) is 0 Å². The highest BCUT2D eigenvalue weighted by Crippen LogP contribution is 2.26. The third-order valence-electron chi connectivity index (χ3n) is 4.43. The Morgan fingerprint density at radius 3 is 2.50 bits per heavy atom. The van der Waals surface area contributed by atoms with Gasteiger partial charge in [0.1, 0.15) is 5.82 Å². The number of aryl methyl sites for hydroxylation is 1. The van der Waals surface area contributed by atoms with Gasteiger partial charge in [0, 0.05) is 10.6 Å². The smallest absolute Gasteiger partial charge is 0.295 e. The number of para-hydroxylation sites is 1. The standard InChI is InChI=1S/C22H15Cl2FN4O/c1-13-6-9-15(23)12-19(13)29-21(14-7-10-16(25)11-8-14)27-20(28-29)22(30)26-18-5-3-2-4-17(18)24/h2-12H,1H3,(H,26,30). The number of nitrogens with zero attached hydrogens (tertiary/aromatic N) is 3. The summed E-state index contributed by atoms with van der Waals surface area (Å²) in [5.41, 5.74) is 2.58. The Kier molecular flexibility index (Phi) is 5.53. The summed E-state index contributed by atoms with van der Waals surface area (Å²) in [6.45, 7) is 1.89. The molecule has 0 aliphatic heterocycles. The Hall–Kier alpha value is -3.22. The summed E-state index contributed by atoms with van der Waals surface area (Å²) in [5, 5.41) is 8.02. The maximum atomic E-state index is 13.4. The minimum atomic E-state index is -0.523. The molecule has 150 valence electrons. The third kappa shape index (κ3) is 4.06. The highest BCUT2D eigenvalue weighted by atomic mass is 35.5. The van der Waals surface area contributed by atoms with Crippen LogP contribution in [0.3, 0.4) is 0 Å². The van der Waals surface area contributed by atoms with Gasteiger partial charge in [-0.05, 0) is 61.0 Å². The third-order valence-corrected chi connectivity index (χ3v) is 5.00. The monoisotopic (exact) mass is 440 g/mol. The number of carbonyl (C=O) groups is 1. The molecule has 0 aliphatic rings. The van der Waals surface area contributed by atoms with Crippen LogP contribution in [0.1, 0.15) is 16.2 Å². The highest BCUT2D eigenvalue weighted by molar-refractivity contribution is 6.33. The minimum absolute atomic E-state index is 0.0615. The number of aromatic nitrogens is 3. The molecule has 0 fully saturated rings. The van der Waals surface area contributed by atoms with Crippen LogP contribution in [0.25, 0.3) is 17.1 Å². The van der Waals surface area contributed by atoms with Crippen LogP contribution in [0.15, 0.2) is 66.7 Å². The molecular formula is C22H15Cl2FN4O. The maximum absolute atomic E-state index is 13.4. The first kappa shape index (κ1) is 20.1. The molecule has 1 heterocycles. The van der Waals surface area contributed by atoms with E-state index in [1.807, 2.05) is 13.0 Å². The molecule has 0 aliphatic carbocycles. The Bertz CT molecular complexity index is 1240. The number of carbonyl (C=O) groups excluding carboxylic acids is 1. The summed E-state index contributed by atoms with van der Waals surface area (Å²) in [5.74, 6) is -0.580. The first-order valence-corrected chi connectivity index (χ1v) is 9.73. The van der Waals surface area contributed by atoms with Crippen molar-refractivity contribution in [2.45, 2.75) is 6.92 Å². The van der Waals surface area contributed by atoms with Crippen molar-refractivity contribution < 1.29 is 9.18 Å². The quantitative estimate of drug-likeness (QED) is 0.426. The molecule has 1 aromatic heterocycles. The molecule has 8 heteroatoms. The molecule has 3 aromatic carbocycles. The Morgan fingerprint density at radius 2 is 1.77 bits per heavy atom. The summed E-state index contributed by atoms with van der Waals surface area (Å²) in [4.78, 5) is 17.2. The van der Waals surface area contributed by atoms with Crippen LogP contribution in [-0.2, 0) is 0 Å². The number of nitrogens with one attached hydrogen (secondary N) is 1. The van der Waals surface area contributed by atoms with Crippen LogP contribution in [0.2, 0.25) is 10.0 Å². The molecule has 0 spiro atoms. The van der Waals surface area contributed by atoms with Crippen molar-refractivity contribution in [1.29, 1.82) is 0 Å². The maximum Gasteiger partial charge on any atom is 0.295 e. The Labute approximate surface area is 182 Å². The van der Waals surface area contributed by atoms with Gasteiger partial charge in [0.25, 0.3) is 5.91 Å². The zero-order valence-electron chi connectivity index (χ0n) is 15.7. The summed E-state index contributed by atoms with van der Waals surface area (Å²) in [6, 6.07) is 18.0. The SMILES string of the molecule is Cc1ccc(Cl)cc1-n1nc(C(=O)Nc2ccccc2Cl)nc1-c1ccc(F)cc1. The van der Waals surface area contributed by atoms with Gasteiger partial charge >= 0.3 is 0 Å². The number of halogens is 3. The molecule has 0 saturated carbocycles. The van der Waals surface area contributed by atoms with Gasteiger partial charge in [-0.15, -0.1) is 5.10 Å². The highest BCUT2D eigenvalue weighted by Gasteiger charge is 2.20. The lowest BCUT2D eigenvalue weighted by molar-refractivity contribution is 0.101. The summed E-state index contributed by atoms with van der Waals surface area (Å²) >= 11 is 12.3. The first-order chi connectivity index (χ1) is 14.4. The second kappa shape index (κ2) is 8.26. The number of benzene rings is 3. The van der Waals surface area contributed by atoms with Gasteiger partial charge in [0.2, 0.25) is 5.82 Å². The molecule has 1 amide bonds. The molecule has 0 radical (unpaired) electrons. The predicted molar refractivity (Wildman–Crippen MR) is 116 cm³/mol. The van der Waals surface area contributed by atoms with E-state index in [1.165, 1.54) is 16.8 Å². The van der Waals surface area contributed by atoms with Crippen molar-refractivity contribution in [3.05, 3.63) is 94.0 Å². The topological polar surface area (TPSA) is 59.8 Å². The van der Waals surface area contributed by atoms with Crippen molar-refractivity contribution in [2.75, 3.05) is 5.32 Å². The summed E-state index contributed by atoms with van der Waals surface area (Å²) in [7, 11) is 0. The average molecular weight is 441 g/mol. The minimum Gasteiger partial charge on any atom is -0.318 e. The first-order valence-electron chi connectivity index (χ1n) is 8.98. The van der Waals surface area contributed by atoms with Crippen LogP contribution >= 0.6 is 23.2 Å². The number of hydrogen-bond acceptors (Lipinski definition) is 3. The fourth-order valence-electron chi connectivity index (χ4n) is 2.91. The molecule has 0 saturated heterocycles. The normalized spacial score (nSPS) is 10.8. The van der Waals surface area contributed by atoms with Gasteiger partial charge < -0.3 is 5.32 Å². The van der Waals surface area contributed by atoms with Crippen LogP contribution in [0, 0.1) is 12.7 Å².